The largest absolute Gasteiger partial charge is 0.416 e. The quantitative estimate of drug-likeness (QED) is 0.176. The molecule has 1 spiro atoms. The normalized spacial score (nSPS) is 21.2. The Hall–Kier alpha value is -5.65. The standard InChI is InChI=1S/C39H40F3N7O5/c1-37(2,36(54)45-29-8-5-25(39(40,41)42)17-31(29)47-15-13-38(11-12-38)14-16-47)44-20-23(19-43)3-4-24-21-48(22-24)26-6-7-27-28(18-26)35(53)49(34(27)52)30-9-10-32(50)46-33(30)51/h5-8,17-20,24,30,43-44H,9-16,21-22H2,1-2H3,(H,45,54)(H,46,50,51)/b23-20-,43-19?. The Balaban J connectivity index is 0.962. The van der Waals surface area contributed by atoms with Gasteiger partial charge in [-0.25, -0.2) is 0 Å². The molecule has 5 aliphatic rings. The number of amides is 5. The van der Waals surface area contributed by atoms with Crippen molar-refractivity contribution >= 4 is 52.8 Å². The molecule has 7 rings (SSSR count). The van der Waals surface area contributed by atoms with Crippen LogP contribution in [0, 0.1) is 28.6 Å². The second-order valence-corrected chi connectivity index (χ2v) is 15.2. The Labute approximate surface area is 310 Å². The highest BCUT2D eigenvalue weighted by atomic mass is 19.4. The molecule has 15 heteroatoms. The van der Waals surface area contributed by atoms with Crippen LogP contribution in [0.3, 0.4) is 0 Å². The van der Waals surface area contributed by atoms with Crippen LogP contribution in [0.15, 0.2) is 48.2 Å². The number of nitrogens with zero attached hydrogens (tertiary/aromatic N) is 3. The molecule has 0 radical (unpaired) electrons. The Morgan fingerprint density at radius 2 is 1.67 bits per heavy atom. The highest BCUT2D eigenvalue weighted by Gasteiger charge is 2.46. The van der Waals surface area contributed by atoms with Gasteiger partial charge in [0.2, 0.25) is 17.7 Å². The zero-order valence-electron chi connectivity index (χ0n) is 29.9. The number of anilines is 3. The molecular formula is C39H40F3N7O5. The van der Waals surface area contributed by atoms with Gasteiger partial charge in [-0.05, 0) is 87.8 Å². The highest BCUT2D eigenvalue weighted by molar-refractivity contribution is 6.23. The minimum absolute atomic E-state index is 0.0370. The van der Waals surface area contributed by atoms with Gasteiger partial charge in [-0.1, -0.05) is 11.8 Å². The smallest absolute Gasteiger partial charge is 0.377 e. The number of imide groups is 2. The van der Waals surface area contributed by atoms with Gasteiger partial charge >= 0.3 is 6.18 Å². The van der Waals surface area contributed by atoms with Gasteiger partial charge in [0.15, 0.2) is 0 Å². The summed E-state index contributed by atoms with van der Waals surface area (Å²) < 4.78 is 41.0. The predicted molar refractivity (Wildman–Crippen MR) is 194 cm³/mol. The van der Waals surface area contributed by atoms with E-state index in [4.69, 9.17) is 5.41 Å². The number of nitrogens with one attached hydrogen (secondary N) is 4. The Bertz CT molecular complexity index is 2050. The van der Waals surface area contributed by atoms with Crippen LogP contribution < -0.4 is 25.8 Å². The van der Waals surface area contributed by atoms with E-state index in [1.165, 1.54) is 12.3 Å². The molecule has 0 aromatic heterocycles. The third-order valence-electron chi connectivity index (χ3n) is 11.1. The van der Waals surface area contributed by atoms with E-state index >= 15 is 0 Å². The first-order valence-corrected chi connectivity index (χ1v) is 18.0. The molecule has 2 aromatic carbocycles. The maximum absolute atomic E-state index is 13.7. The monoisotopic (exact) mass is 743 g/mol. The summed E-state index contributed by atoms with van der Waals surface area (Å²) in [7, 11) is 0. The number of allylic oxidation sites excluding steroid dienone is 1. The predicted octanol–water partition coefficient (Wildman–Crippen LogP) is 4.47. The molecule has 1 aliphatic carbocycles. The van der Waals surface area contributed by atoms with Crippen molar-refractivity contribution in [2.24, 2.45) is 11.3 Å². The van der Waals surface area contributed by atoms with Gasteiger partial charge in [-0.3, -0.25) is 34.2 Å². The van der Waals surface area contributed by atoms with Gasteiger partial charge in [0.25, 0.3) is 11.8 Å². The molecule has 1 unspecified atom stereocenters. The van der Waals surface area contributed by atoms with Crippen molar-refractivity contribution in [2.45, 2.75) is 70.1 Å². The van der Waals surface area contributed by atoms with Gasteiger partial charge in [-0.2, -0.15) is 13.2 Å². The minimum Gasteiger partial charge on any atom is -0.377 e. The first-order chi connectivity index (χ1) is 25.6. The topological polar surface area (TPSA) is 155 Å². The van der Waals surface area contributed by atoms with Gasteiger partial charge in [0.05, 0.1) is 39.6 Å². The van der Waals surface area contributed by atoms with E-state index in [2.05, 4.69) is 27.8 Å². The number of benzene rings is 2. The van der Waals surface area contributed by atoms with Crippen LogP contribution in [0.25, 0.3) is 0 Å². The van der Waals surface area contributed by atoms with Crippen LogP contribution in [0.2, 0.25) is 0 Å². The van der Waals surface area contributed by atoms with E-state index in [1.54, 1.807) is 32.0 Å². The minimum atomic E-state index is -4.52. The fourth-order valence-electron chi connectivity index (χ4n) is 7.31. The number of hydrogen-bond acceptors (Lipinski definition) is 9. The van der Waals surface area contributed by atoms with E-state index in [9.17, 15) is 37.1 Å². The Morgan fingerprint density at radius 3 is 2.31 bits per heavy atom. The molecule has 3 saturated heterocycles. The molecule has 54 heavy (non-hydrogen) atoms. The lowest BCUT2D eigenvalue weighted by atomic mass is 9.93. The molecule has 282 valence electrons. The number of piperidine rings is 2. The molecule has 12 nitrogen and oxygen atoms in total. The third kappa shape index (κ3) is 7.16. The Kier molecular flexibility index (Phi) is 9.27. The number of halogens is 3. The summed E-state index contributed by atoms with van der Waals surface area (Å²) in [6, 6.07) is 7.24. The van der Waals surface area contributed by atoms with Crippen LogP contribution in [-0.2, 0) is 20.6 Å². The van der Waals surface area contributed by atoms with Crippen molar-refractivity contribution in [2.75, 3.05) is 41.3 Å². The van der Waals surface area contributed by atoms with Gasteiger partial charge in [-0.15, -0.1) is 0 Å². The van der Waals surface area contributed by atoms with Crippen LogP contribution in [0.5, 0.6) is 0 Å². The van der Waals surface area contributed by atoms with E-state index in [1.807, 2.05) is 9.80 Å². The van der Waals surface area contributed by atoms with Crippen LogP contribution in [-0.4, -0.2) is 78.4 Å². The molecule has 5 amide bonds. The summed E-state index contributed by atoms with van der Waals surface area (Å²) in [5, 5.41) is 15.9. The summed E-state index contributed by atoms with van der Waals surface area (Å²) in [4.78, 5) is 68.4. The van der Waals surface area contributed by atoms with Gasteiger partial charge in [0, 0.05) is 50.7 Å². The number of carbonyl (C=O) groups excluding carboxylic acids is 5. The highest BCUT2D eigenvalue weighted by Crippen LogP contribution is 2.54. The van der Waals surface area contributed by atoms with E-state index in [0.29, 0.717) is 54.2 Å². The number of hydrogen-bond donors (Lipinski definition) is 4. The lowest BCUT2D eigenvalue weighted by Crippen LogP contribution is -2.54. The van der Waals surface area contributed by atoms with Crippen LogP contribution >= 0.6 is 0 Å². The molecule has 4 heterocycles. The molecule has 2 aromatic rings. The van der Waals surface area contributed by atoms with Crippen molar-refractivity contribution in [1.29, 1.82) is 5.41 Å². The van der Waals surface area contributed by atoms with Crippen molar-refractivity contribution in [3.05, 3.63) is 64.9 Å². The molecule has 1 saturated carbocycles. The zero-order valence-corrected chi connectivity index (χ0v) is 29.9. The Morgan fingerprint density at radius 1 is 0.963 bits per heavy atom. The average Bonchev–Trinajstić information content (AvgIpc) is 3.82. The summed E-state index contributed by atoms with van der Waals surface area (Å²) >= 11 is 0. The van der Waals surface area contributed by atoms with E-state index in [-0.39, 0.29) is 29.9 Å². The molecular weight excluding hydrogens is 703 g/mol. The molecule has 4 fully saturated rings. The second-order valence-electron chi connectivity index (χ2n) is 15.2. The van der Waals surface area contributed by atoms with E-state index < -0.39 is 52.9 Å². The summed E-state index contributed by atoms with van der Waals surface area (Å²) in [5.41, 5.74) is 0.373. The zero-order chi connectivity index (χ0) is 38.6. The second kappa shape index (κ2) is 13.6. The van der Waals surface area contributed by atoms with Crippen LogP contribution in [0.4, 0.5) is 30.2 Å². The number of alkyl halides is 3. The van der Waals surface area contributed by atoms with Crippen molar-refractivity contribution in [3.63, 3.8) is 0 Å². The maximum atomic E-state index is 13.7. The van der Waals surface area contributed by atoms with Gasteiger partial charge in [0.1, 0.15) is 11.6 Å². The fraction of sp³-hybridized carbons (Fsp3) is 0.436. The average molecular weight is 744 g/mol. The molecule has 1 atom stereocenters. The number of fused-ring (bicyclic) bond motifs is 1. The maximum Gasteiger partial charge on any atom is 0.416 e. The van der Waals surface area contributed by atoms with E-state index in [0.717, 1.165) is 48.9 Å². The van der Waals surface area contributed by atoms with Crippen molar-refractivity contribution in [1.82, 2.24) is 15.5 Å². The SMILES string of the molecule is CC(C)(N/C=C(/C#CC1CN(c2ccc3c(c2)C(=O)N(C2CCC(=O)NC2=O)C3=O)C1)C=N)C(=O)Nc1ccc(C(F)(F)F)cc1N1CCC2(CC1)CC2. The van der Waals surface area contributed by atoms with Crippen molar-refractivity contribution in [3.8, 4) is 11.8 Å². The molecule has 4 aliphatic heterocycles. The van der Waals surface area contributed by atoms with Gasteiger partial charge < -0.3 is 25.8 Å². The fourth-order valence-corrected chi connectivity index (χ4v) is 7.31. The number of carbonyl (C=O) groups is 5. The molecule has 4 N–H and O–H groups in total. The summed E-state index contributed by atoms with van der Waals surface area (Å²) in [6.45, 7) is 5.52. The summed E-state index contributed by atoms with van der Waals surface area (Å²) in [6.07, 6.45) is 2.22. The van der Waals surface area contributed by atoms with Crippen molar-refractivity contribution < 1.29 is 37.1 Å². The lowest BCUT2D eigenvalue weighted by Gasteiger charge is -2.38. The van der Waals surface area contributed by atoms with Crippen LogP contribution in [0.1, 0.15) is 78.7 Å². The summed E-state index contributed by atoms with van der Waals surface area (Å²) in [5.74, 6) is 3.27. The number of rotatable bonds is 8. The molecule has 0 bridgehead atoms. The first kappa shape index (κ1) is 36.7. The third-order valence-corrected chi connectivity index (χ3v) is 11.1. The first-order valence-electron chi connectivity index (χ1n) is 18.0. The lowest BCUT2D eigenvalue weighted by molar-refractivity contribution is -0.138.